The number of benzene rings is 1. The minimum atomic E-state index is -0.239. The zero-order chi connectivity index (χ0) is 14.4. The molecule has 1 aromatic carbocycles. The molecule has 0 aliphatic heterocycles. The van der Waals surface area contributed by atoms with Crippen molar-refractivity contribution in [1.29, 1.82) is 0 Å². The smallest absolute Gasteiger partial charge is 0.148 e. The Morgan fingerprint density at radius 2 is 1.85 bits per heavy atom. The topological polar surface area (TPSA) is 75.9 Å². The van der Waals surface area contributed by atoms with Gasteiger partial charge in [-0.15, -0.1) is 0 Å². The van der Waals surface area contributed by atoms with Gasteiger partial charge in [-0.3, -0.25) is 0 Å². The van der Waals surface area contributed by atoms with Crippen molar-refractivity contribution in [2.75, 3.05) is 10.7 Å². The van der Waals surface area contributed by atoms with Crippen molar-refractivity contribution < 1.29 is 4.39 Å². The van der Waals surface area contributed by atoms with Crippen molar-refractivity contribution >= 4 is 11.6 Å². The number of aromatic nitrogens is 2. The van der Waals surface area contributed by atoms with E-state index in [4.69, 9.17) is 5.84 Å². The average Bonchev–Trinajstić information content (AvgIpc) is 2.48. The molecule has 1 heterocycles. The zero-order valence-electron chi connectivity index (χ0n) is 11.4. The second-order valence-electron chi connectivity index (χ2n) is 4.42. The van der Waals surface area contributed by atoms with E-state index in [-0.39, 0.29) is 5.82 Å². The van der Waals surface area contributed by atoms with Crippen molar-refractivity contribution in [3.63, 3.8) is 0 Å². The molecule has 5 nitrogen and oxygen atoms in total. The fraction of sp³-hybridized carbons (Fsp3) is 0.286. The zero-order valence-corrected chi connectivity index (χ0v) is 11.4. The van der Waals surface area contributed by atoms with Crippen LogP contribution in [0.2, 0.25) is 0 Å². The molecule has 0 aliphatic rings. The van der Waals surface area contributed by atoms with Gasteiger partial charge < -0.3 is 10.7 Å². The summed E-state index contributed by atoms with van der Waals surface area (Å²) in [7, 11) is 0. The van der Waals surface area contributed by atoms with E-state index < -0.39 is 0 Å². The normalized spacial score (nSPS) is 10.3. The van der Waals surface area contributed by atoms with Gasteiger partial charge in [0.1, 0.15) is 23.8 Å². The molecule has 0 saturated heterocycles. The minimum absolute atomic E-state index is 0.239. The maximum atomic E-state index is 12.8. The molecule has 0 spiro atoms. The fourth-order valence-corrected chi connectivity index (χ4v) is 1.96. The van der Waals surface area contributed by atoms with Crippen LogP contribution in [0.25, 0.3) is 0 Å². The van der Waals surface area contributed by atoms with Crippen LogP contribution in [-0.4, -0.2) is 9.97 Å². The van der Waals surface area contributed by atoms with Crippen LogP contribution in [0.1, 0.15) is 24.5 Å². The molecule has 4 N–H and O–H groups in total. The molecule has 2 aromatic rings. The highest BCUT2D eigenvalue weighted by atomic mass is 19.1. The van der Waals surface area contributed by atoms with Gasteiger partial charge in [0.15, 0.2) is 0 Å². The lowest BCUT2D eigenvalue weighted by Gasteiger charge is -2.13. The Bertz CT molecular complexity index is 556. The highest BCUT2D eigenvalue weighted by molar-refractivity contribution is 5.57. The standard InChI is InChI=1S/C14H18FN5/c1-2-3-12-13(18-9-19-14(12)20-16)17-8-10-4-6-11(15)7-5-10/h4-7,9H,2-3,8,16H2,1H3,(H2,17,18,19,20). The predicted octanol–water partition coefficient (Wildman–Crippen LogP) is 2.47. The molecule has 2 rings (SSSR count). The maximum absolute atomic E-state index is 12.8. The van der Waals surface area contributed by atoms with Gasteiger partial charge in [-0.25, -0.2) is 20.2 Å². The van der Waals surface area contributed by atoms with Crippen LogP contribution >= 0.6 is 0 Å². The van der Waals surface area contributed by atoms with Gasteiger partial charge in [0, 0.05) is 12.1 Å². The average molecular weight is 275 g/mol. The number of rotatable bonds is 6. The Kier molecular flexibility index (Phi) is 4.84. The van der Waals surface area contributed by atoms with Crippen LogP contribution in [0.15, 0.2) is 30.6 Å². The summed E-state index contributed by atoms with van der Waals surface area (Å²) in [5.74, 6) is 6.60. The molecule has 0 saturated carbocycles. The van der Waals surface area contributed by atoms with Crippen LogP contribution in [0.4, 0.5) is 16.0 Å². The summed E-state index contributed by atoms with van der Waals surface area (Å²) in [5.41, 5.74) is 4.52. The number of nitrogens with two attached hydrogens (primary N) is 1. The van der Waals surface area contributed by atoms with E-state index >= 15 is 0 Å². The van der Waals surface area contributed by atoms with Crippen molar-refractivity contribution in [3.8, 4) is 0 Å². The highest BCUT2D eigenvalue weighted by Crippen LogP contribution is 2.21. The Balaban J connectivity index is 2.14. The number of hydrogen-bond donors (Lipinski definition) is 3. The van der Waals surface area contributed by atoms with Crippen molar-refractivity contribution in [3.05, 3.63) is 47.5 Å². The highest BCUT2D eigenvalue weighted by Gasteiger charge is 2.09. The Labute approximate surface area is 117 Å². The molecule has 106 valence electrons. The van der Waals surface area contributed by atoms with Crippen LogP contribution in [0, 0.1) is 5.82 Å². The lowest BCUT2D eigenvalue weighted by atomic mass is 10.1. The van der Waals surface area contributed by atoms with Crippen molar-refractivity contribution in [2.24, 2.45) is 5.84 Å². The largest absolute Gasteiger partial charge is 0.366 e. The SMILES string of the molecule is CCCc1c(NN)ncnc1NCc1ccc(F)cc1. The molecule has 0 radical (unpaired) electrons. The fourth-order valence-electron chi connectivity index (χ4n) is 1.96. The molecular weight excluding hydrogens is 257 g/mol. The molecule has 0 unspecified atom stereocenters. The minimum Gasteiger partial charge on any atom is -0.366 e. The summed E-state index contributed by atoms with van der Waals surface area (Å²) in [6.45, 7) is 2.65. The predicted molar refractivity (Wildman–Crippen MR) is 77.6 cm³/mol. The van der Waals surface area contributed by atoms with E-state index in [0.717, 1.165) is 29.8 Å². The Morgan fingerprint density at radius 3 is 2.50 bits per heavy atom. The first-order valence-corrected chi connectivity index (χ1v) is 6.53. The third-order valence-corrected chi connectivity index (χ3v) is 2.96. The second-order valence-corrected chi connectivity index (χ2v) is 4.42. The second kappa shape index (κ2) is 6.81. The lowest BCUT2D eigenvalue weighted by Crippen LogP contribution is -2.14. The number of hydrazine groups is 1. The lowest BCUT2D eigenvalue weighted by molar-refractivity contribution is 0.627. The van der Waals surface area contributed by atoms with Crippen LogP contribution < -0.4 is 16.6 Å². The van der Waals surface area contributed by atoms with E-state index in [1.165, 1.54) is 18.5 Å². The number of nitrogens with zero attached hydrogens (tertiary/aromatic N) is 2. The quantitative estimate of drug-likeness (QED) is 0.557. The summed E-state index contributed by atoms with van der Waals surface area (Å²) in [4.78, 5) is 8.35. The van der Waals surface area contributed by atoms with Gasteiger partial charge in [-0.05, 0) is 24.1 Å². The summed E-state index contributed by atoms with van der Waals surface area (Å²) in [6, 6.07) is 6.36. The van der Waals surface area contributed by atoms with Gasteiger partial charge in [0.05, 0.1) is 0 Å². The number of anilines is 2. The van der Waals surface area contributed by atoms with E-state index in [0.29, 0.717) is 12.4 Å². The molecule has 0 fully saturated rings. The number of nitrogen functional groups attached to an aromatic ring is 1. The van der Waals surface area contributed by atoms with Gasteiger partial charge in [0.25, 0.3) is 0 Å². The summed E-state index contributed by atoms with van der Waals surface area (Å²) in [6.07, 6.45) is 3.25. The van der Waals surface area contributed by atoms with Gasteiger partial charge in [-0.1, -0.05) is 25.5 Å². The molecule has 0 bridgehead atoms. The molecule has 0 amide bonds. The van der Waals surface area contributed by atoms with Gasteiger partial charge in [0.2, 0.25) is 0 Å². The number of hydrogen-bond acceptors (Lipinski definition) is 5. The van der Waals surface area contributed by atoms with Gasteiger partial charge in [-0.2, -0.15) is 0 Å². The molecule has 0 atom stereocenters. The number of nitrogens with one attached hydrogen (secondary N) is 2. The van der Waals surface area contributed by atoms with E-state index in [2.05, 4.69) is 27.6 Å². The first-order chi connectivity index (χ1) is 9.74. The first-order valence-electron chi connectivity index (χ1n) is 6.53. The van der Waals surface area contributed by atoms with Crippen molar-refractivity contribution in [2.45, 2.75) is 26.3 Å². The Hall–Kier alpha value is -2.21. The van der Waals surface area contributed by atoms with E-state index in [1.807, 2.05) is 0 Å². The molecule has 6 heteroatoms. The third kappa shape index (κ3) is 3.42. The third-order valence-electron chi connectivity index (χ3n) is 2.96. The maximum Gasteiger partial charge on any atom is 0.148 e. The summed E-state index contributed by atoms with van der Waals surface area (Å²) >= 11 is 0. The van der Waals surface area contributed by atoms with Gasteiger partial charge >= 0.3 is 0 Å². The Morgan fingerprint density at radius 1 is 1.15 bits per heavy atom. The molecule has 20 heavy (non-hydrogen) atoms. The number of halogens is 1. The summed E-state index contributed by atoms with van der Waals surface area (Å²) in [5, 5.41) is 3.24. The van der Waals surface area contributed by atoms with Crippen LogP contribution in [-0.2, 0) is 13.0 Å². The first kappa shape index (κ1) is 14.2. The monoisotopic (exact) mass is 275 g/mol. The summed E-state index contributed by atoms with van der Waals surface area (Å²) < 4.78 is 12.8. The van der Waals surface area contributed by atoms with E-state index in [9.17, 15) is 4.39 Å². The van der Waals surface area contributed by atoms with Crippen LogP contribution in [0.3, 0.4) is 0 Å². The molecular formula is C14H18FN5. The van der Waals surface area contributed by atoms with E-state index in [1.54, 1.807) is 12.1 Å². The van der Waals surface area contributed by atoms with Crippen molar-refractivity contribution in [1.82, 2.24) is 9.97 Å². The molecule has 1 aromatic heterocycles. The van der Waals surface area contributed by atoms with Crippen LogP contribution in [0.5, 0.6) is 0 Å². The molecule has 0 aliphatic carbocycles.